The van der Waals surface area contributed by atoms with Gasteiger partial charge in [0.15, 0.2) is 5.13 Å². The molecule has 6 nitrogen and oxygen atoms in total. The number of aromatic nitrogens is 4. The summed E-state index contributed by atoms with van der Waals surface area (Å²) in [5.41, 5.74) is 0.956. The summed E-state index contributed by atoms with van der Waals surface area (Å²) in [7, 11) is 0. The summed E-state index contributed by atoms with van der Waals surface area (Å²) in [6.07, 6.45) is 2.93. The van der Waals surface area contributed by atoms with E-state index < -0.39 is 6.04 Å². The highest BCUT2D eigenvalue weighted by molar-refractivity contribution is 7.13. The Bertz CT molecular complexity index is 555. The van der Waals surface area contributed by atoms with Crippen LogP contribution in [0.1, 0.15) is 39.4 Å². The summed E-state index contributed by atoms with van der Waals surface area (Å²) < 4.78 is 1.51. The summed E-state index contributed by atoms with van der Waals surface area (Å²) in [6, 6.07) is -0.413. The molecule has 0 fully saturated rings. The lowest BCUT2D eigenvalue weighted by Gasteiger charge is -2.14. The molecule has 1 amide bonds. The van der Waals surface area contributed by atoms with Gasteiger partial charge in [-0.15, -0.1) is 11.3 Å². The highest BCUT2D eigenvalue weighted by Gasteiger charge is 2.20. The third kappa shape index (κ3) is 3.17. The fourth-order valence-electron chi connectivity index (χ4n) is 1.42. The fourth-order valence-corrected chi connectivity index (χ4v) is 2.36. The molecule has 1 N–H and O–H groups in total. The first kappa shape index (κ1) is 13.7. The molecule has 2 rings (SSSR count). The van der Waals surface area contributed by atoms with E-state index in [1.165, 1.54) is 28.7 Å². The van der Waals surface area contributed by atoms with Crippen molar-refractivity contribution in [2.75, 3.05) is 5.32 Å². The van der Waals surface area contributed by atoms with Crippen LogP contribution in [0.3, 0.4) is 0 Å². The monoisotopic (exact) mass is 279 g/mol. The van der Waals surface area contributed by atoms with Crippen LogP contribution in [0.5, 0.6) is 0 Å². The Labute approximate surface area is 115 Å². The van der Waals surface area contributed by atoms with Gasteiger partial charge in [0.1, 0.15) is 18.7 Å². The molecular formula is C12H17N5OS. The normalized spacial score (nSPS) is 13.3. The Morgan fingerprint density at radius 2 is 2.21 bits per heavy atom. The minimum atomic E-state index is -0.413. The molecule has 0 aliphatic heterocycles. The van der Waals surface area contributed by atoms with E-state index in [-0.39, 0.29) is 11.3 Å². The SMILES string of the molecule is CC(C(=O)Nc1nc(C(C)(C)C)cs1)n1cncn1. The molecule has 1 unspecified atom stereocenters. The zero-order chi connectivity index (χ0) is 14.0. The van der Waals surface area contributed by atoms with Gasteiger partial charge in [-0.3, -0.25) is 4.79 Å². The molecule has 102 valence electrons. The molecule has 1 atom stereocenters. The van der Waals surface area contributed by atoms with Crippen molar-refractivity contribution in [2.24, 2.45) is 0 Å². The van der Waals surface area contributed by atoms with E-state index in [1.54, 1.807) is 6.92 Å². The number of anilines is 1. The van der Waals surface area contributed by atoms with E-state index in [1.807, 2.05) is 5.38 Å². The first-order valence-corrected chi connectivity index (χ1v) is 6.87. The third-order valence-corrected chi connectivity index (χ3v) is 3.47. The van der Waals surface area contributed by atoms with Gasteiger partial charge in [-0.2, -0.15) is 5.10 Å². The van der Waals surface area contributed by atoms with Crippen LogP contribution in [-0.2, 0) is 10.2 Å². The van der Waals surface area contributed by atoms with E-state index >= 15 is 0 Å². The van der Waals surface area contributed by atoms with Crippen LogP contribution >= 0.6 is 11.3 Å². The van der Waals surface area contributed by atoms with Gasteiger partial charge in [-0.1, -0.05) is 20.8 Å². The van der Waals surface area contributed by atoms with Gasteiger partial charge in [-0.25, -0.2) is 14.6 Å². The van der Waals surface area contributed by atoms with Crippen molar-refractivity contribution < 1.29 is 4.79 Å². The predicted octanol–water partition coefficient (Wildman–Crippen LogP) is 2.23. The van der Waals surface area contributed by atoms with Crippen molar-refractivity contribution >= 4 is 22.4 Å². The fraction of sp³-hybridized carbons (Fsp3) is 0.500. The molecule has 2 heterocycles. The Morgan fingerprint density at radius 3 is 2.74 bits per heavy atom. The topological polar surface area (TPSA) is 72.7 Å². The second-order valence-corrected chi connectivity index (χ2v) is 6.19. The maximum absolute atomic E-state index is 12.0. The Kier molecular flexibility index (Phi) is 3.66. The predicted molar refractivity (Wildman–Crippen MR) is 74.2 cm³/mol. The van der Waals surface area contributed by atoms with Gasteiger partial charge in [0.25, 0.3) is 5.91 Å². The summed E-state index contributed by atoms with van der Waals surface area (Å²) in [4.78, 5) is 20.3. The number of rotatable bonds is 3. The number of amides is 1. The molecule has 0 spiro atoms. The quantitative estimate of drug-likeness (QED) is 0.935. The molecule has 0 saturated carbocycles. The molecular weight excluding hydrogens is 262 g/mol. The average Bonchev–Trinajstić information content (AvgIpc) is 2.97. The first-order chi connectivity index (χ1) is 8.88. The van der Waals surface area contributed by atoms with Gasteiger partial charge in [-0.05, 0) is 6.92 Å². The second-order valence-electron chi connectivity index (χ2n) is 5.33. The summed E-state index contributed by atoms with van der Waals surface area (Å²) in [6.45, 7) is 8.03. The zero-order valence-corrected chi connectivity index (χ0v) is 12.2. The average molecular weight is 279 g/mol. The van der Waals surface area contributed by atoms with Crippen LogP contribution in [0.25, 0.3) is 0 Å². The van der Waals surface area contributed by atoms with Crippen molar-refractivity contribution in [3.63, 3.8) is 0 Å². The van der Waals surface area contributed by atoms with Gasteiger partial charge in [0.2, 0.25) is 0 Å². The van der Waals surface area contributed by atoms with Crippen LogP contribution in [0.4, 0.5) is 5.13 Å². The molecule has 0 aromatic carbocycles. The van der Waals surface area contributed by atoms with Crippen LogP contribution in [0.15, 0.2) is 18.0 Å². The van der Waals surface area contributed by atoms with Crippen molar-refractivity contribution in [1.29, 1.82) is 0 Å². The maximum Gasteiger partial charge on any atom is 0.250 e. The second kappa shape index (κ2) is 5.08. The number of nitrogens with zero attached hydrogens (tertiary/aromatic N) is 4. The smallest absolute Gasteiger partial charge is 0.250 e. The molecule has 2 aromatic rings. The molecule has 0 aliphatic carbocycles. The molecule has 0 saturated heterocycles. The van der Waals surface area contributed by atoms with Crippen LogP contribution < -0.4 is 5.32 Å². The van der Waals surface area contributed by atoms with Crippen molar-refractivity contribution in [2.45, 2.75) is 39.2 Å². The zero-order valence-electron chi connectivity index (χ0n) is 11.4. The Hall–Kier alpha value is -1.76. The van der Waals surface area contributed by atoms with Crippen LogP contribution in [-0.4, -0.2) is 25.7 Å². The molecule has 19 heavy (non-hydrogen) atoms. The lowest BCUT2D eigenvalue weighted by Crippen LogP contribution is -2.24. The van der Waals surface area contributed by atoms with Crippen LogP contribution in [0, 0.1) is 0 Å². The minimum Gasteiger partial charge on any atom is -0.300 e. The lowest BCUT2D eigenvalue weighted by molar-refractivity contribution is -0.119. The highest BCUT2D eigenvalue weighted by atomic mass is 32.1. The molecule has 0 bridgehead atoms. The van der Waals surface area contributed by atoms with E-state index in [4.69, 9.17) is 0 Å². The van der Waals surface area contributed by atoms with E-state index in [0.29, 0.717) is 5.13 Å². The molecule has 7 heteroatoms. The van der Waals surface area contributed by atoms with Gasteiger partial charge < -0.3 is 5.32 Å². The van der Waals surface area contributed by atoms with Gasteiger partial charge in [0, 0.05) is 10.8 Å². The Balaban J connectivity index is 2.05. The Morgan fingerprint density at radius 1 is 1.47 bits per heavy atom. The van der Waals surface area contributed by atoms with Gasteiger partial charge in [0.05, 0.1) is 5.69 Å². The summed E-state index contributed by atoms with van der Waals surface area (Å²) in [5.74, 6) is -0.152. The number of thiazole rings is 1. The van der Waals surface area contributed by atoms with Crippen LogP contribution in [0.2, 0.25) is 0 Å². The first-order valence-electron chi connectivity index (χ1n) is 5.99. The number of hydrogen-bond donors (Lipinski definition) is 1. The number of carbonyl (C=O) groups excluding carboxylic acids is 1. The number of nitrogens with one attached hydrogen (secondary N) is 1. The van der Waals surface area contributed by atoms with E-state index in [2.05, 4.69) is 41.2 Å². The molecule has 0 aliphatic rings. The number of hydrogen-bond acceptors (Lipinski definition) is 5. The largest absolute Gasteiger partial charge is 0.300 e. The molecule has 2 aromatic heterocycles. The standard InChI is InChI=1S/C12H17N5OS/c1-8(17-7-13-6-14-17)10(18)16-11-15-9(5-19-11)12(2,3)4/h5-8H,1-4H3,(H,15,16,18). The summed E-state index contributed by atoms with van der Waals surface area (Å²) >= 11 is 1.43. The van der Waals surface area contributed by atoms with Crippen molar-refractivity contribution in [1.82, 2.24) is 19.7 Å². The summed E-state index contributed by atoms with van der Waals surface area (Å²) in [5, 5.41) is 9.33. The third-order valence-electron chi connectivity index (χ3n) is 2.72. The van der Waals surface area contributed by atoms with E-state index in [9.17, 15) is 4.79 Å². The highest BCUT2D eigenvalue weighted by Crippen LogP contribution is 2.26. The van der Waals surface area contributed by atoms with Crippen molar-refractivity contribution in [3.05, 3.63) is 23.7 Å². The van der Waals surface area contributed by atoms with Gasteiger partial charge >= 0.3 is 0 Å². The van der Waals surface area contributed by atoms with Crippen molar-refractivity contribution in [3.8, 4) is 0 Å². The molecule has 0 radical (unpaired) electrons. The minimum absolute atomic E-state index is 0.0169. The number of carbonyl (C=O) groups is 1. The maximum atomic E-state index is 12.0. The van der Waals surface area contributed by atoms with E-state index in [0.717, 1.165) is 5.69 Å². The lowest BCUT2D eigenvalue weighted by atomic mass is 9.93.